The Hall–Kier alpha value is -2.82. The van der Waals surface area contributed by atoms with Gasteiger partial charge in [0.25, 0.3) is 0 Å². The molecule has 0 bridgehead atoms. The van der Waals surface area contributed by atoms with Crippen LogP contribution in [-0.2, 0) is 14.3 Å². The molecular formula is C21H23NO4. The molecule has 1 heterocycles. The van der Waals surface area contributed by atoms with Crippen LogP contribution in [0.2, 0.25) is 0 Å². The van der Waals surface area contributed by atoms with Gasteiger partial charge in [-0.25, -0.2) is 4.79 Å². The smallest absolute Gasteiger partial charge is 0.411 e. The topological polar surface area (TPSA) is 55.8 Å². The second-order valence-electron chi connectivity index (χ2n) is 7.28. The summed E-state index contributed by atoms with van der Waals surface area (Å²) in [5.74, 6) is -0.447. The quantitative estimate of drug-likeness (QED) is 0.757. The predicted molar refractivity (Wildman–Crippen MR) is 97.4 cm³/mol. The maximum atomic E-state index is 12.8. The number of morpholine rings is 1. The van der Waals surface area contributed by atoms with Gasteiger partial charge in [0.1, 0.15) is 18.2 Å². The molecule has 136 valence electrons. The van der Waals surface area contributed by atoms with Crippen LogP contribution in [0.3, 0.4) is 0 Å². The second-order valence-corrected chi connectivity index (χ2v) is 7.28. The molecule has 5 heteroatoms. The first-order chi connectivity index (χ1) is 12.3. The monoisotopic (exact) mass is 353 g/mol. The van der Waals surface area contributed by atoms with E-state index >= 15 is 0 Å². The van der Waals surface area contributed by atoms with Crippen molar-refractivity contribution in [1.29, 1.82) is 0 Å². The summed E-state index contributed by atoms with van der Waals surface area (Å²) in [7, 11) is 0. The zero-order chi connectivity index (χ0) is 18.7. The summed E-state index contributed by atoms with van der Waals surface area (Å²) in [6.07, 6.45) is -1.11. The Morgan fingerprint density at radius 2 is 1.54 bits per heavy atom. The van der Waals surface area contributed by atoms with Crippen molar-refractivity contribution in [1.82, 2.24) is 4.90 Å². The minimum Gasteiger partial charge on any atom is -0.454 e. The lowest BCUT2D eigenvalue weighted by Gasteiger charge is -2.41. The van der Waals surface area contributed by atoms with Crippen LogP contribution in [0.1, 0.15) is 44.0 Å². The molecule has 1 saturated heterocycles. The Morgan fingerprint density at radius 3 is 2.08 bits per heavy atom. The van der Waals surface area contributed by atoms with Gasteiger partial charge in [0.05, 0.1) is 0 Å². The number of amides is 1. The maximum Gasteiger partial charge on any atom is 0.411 e. The molecule has 26 heavy (non-hydrogen) atoms. The van der Waals surface area contributed by atoms with Crippen molar-refractivity contribution in [2.45, 2.75) is 38.5 Å². The van der Waals surface area contributed by atoms with E-state index in [1.54, 1.807) is 20.8 Å². The largest absolute Gasteiger partial charge is 0.454 e. The first kappa shape index (κ1) is 18.0. The number of rotatable bonds is 2. The molecule has 5 nitrogen and oxygen atoms in total. The van der Waals surface area contributed by atoms with Crippen molar-refractivity contribution < 1.29 is 19.1 Å². The molecule has 0 radical (unpaired) electrons. The lowest BCUT2D eigenvalue weighted by molar-refractivity contribution is -0.165. The number of ether oxygens (including phenoxy) is 2. The van der Waals surface area contributed by atoms with Gasteiger partial charge in [-0.05, 0) is 31.9 Å². The Labute approximate surface area is 153 Å². The van der Waals surface area contributed by atoms with Crippen molar-refractivity contribution in [3.63, 3.8) is 0 Å². The van der Waals surface area contributed by atoms with Gasteiger partial charge >= 0.3 is 12.1 Å². The lowest BCUT2D eigenvalue weighted by atomic mass is 9.93. The molecule has 2 atom stereocenters. The van der Waals surface area contributed by atoms with Crippen LogP contribution in [-0.4, -0.2) is 29.1 Å². The van der Waals surface area contributed by atoms with E-state index in [2.05, 4.69) is 0 Å². The fourth-order valence-electron chi connectivity index (χ4n) is 3.04. The molecule has 1 unspecified atom stereocenters. The SMILES string of the molecule is CC(C)(C)OC(=O)N1CC(=O)O[C@@H](c2ccccc2)C1c1ccccc1. The summed E-state index contributed by atoms with van der Waals surface area (Å²) in [6.45, 7) is 5.27. The summed E-state index contributed by atoms with van der Waals surface area (Å²) in [4.78, 5) is 26.5. The average Bonchev–Trinajstić information content (AvgIpc) is 2.61. The van der Waals surface area contributed by atoms with E-state index in [0.29, 0.717) is 0 Å². The van der Waals surface area contributed by atoms with Gasteiger partial charge in [-0.1, -0.05) is 60.7 Å². The molecule has 1 aliphatic heterocycles. The summed E-state index contributed by atoms with van der Waals surface area (Å²) < 4.78 is 11.2. The molecule has 3 rings (SSSR count). The minimum absolute atomic E-state index is 0.141. The maximum absolute atomic E-state index is 12.8. The molecule has 0 aliphatic carbocycles. The number of carbonyl (C=O) groups excluding carboxylic acids is 2. The number of hydrogen-bond acceptors (Lipinski definition) is 4. The Kier molecular flexibility index (Phi) is 4.98. The number of benzene rings is 2. The third kappa shape index (κ3) is 4.04. The third-order valence-corrected chi connectivity index (χ3v) is 4.08. The highest BCUT2D eigenvalue weighted by Crippen LogP contribution is 2.40. The zero-order valence-corrected chi connectivity index (χ0v) is 15.2. The van der Waals surface area contributed by atoms with Gasteiger partial charge in [-0.2, -0.15) is 0 Å². The van der Waals surface area contributed by atoms with Crippen LogP contribution in [0.15, 0.2) is 60.7 Å². The molecule has 1 aliphatic rings. The number of cyclic esters (lactones) is 1. The minimum atomic E-state index is -0.651. The molecule has 2 aromatic carbocycles. The van der Waals surface area contributed by atoms with Gasteiger partial charge in [-0.3, -0.25) is 9.69 Å². The fourth-order valence-corrected chi connectivity index (χ4v) is 3.04. The number of nitrogens with zero attached hydrogens (tertiary/aromatic N) is 1. The van der Waals surface area contributed by atoms with Crippen LogP contribution in [0, 0.1) is 0 Å². The molecular weight excluding hydrogens is 330 g/mol. The molecule has 0 saturated carbocycles. The molecule has 1 fully saturated rings. The Morgan fingerprint density at radius 1 is 1.00 bits per heavy atom. The molecule has 1 amide bonds. The summed E-state index contributed by atoms with van der Waals surface area (Å²) in [5.41, 5.74) is 1.07. The lowest BCUT2D eigenvalue weighted by Crippen LogP contribution is -2.48. The van der Waals surface area contributed by atoms with Crippen molar-refractivity contribution in [2.75, 3.05) is 6.54 Å². The highest BCUT2D eigenvalue weighted by molar-refractivity contribution is 5.80. The average molecular weight is 353 g/mol. The van der Waals surface area contributed by atoms with E-state index in [1.807, 2.05) is 60.7 Å². The third-order valence-electron chi connectivity index (χ3n) is 4.08. The van der Waals surface area contributed by atoms with Gasteiger partial charge in [0.2, 0.25) is 0 Å². The standard InChI is InChI=1S/C21H23NO4/c1-21(2,3)26-20(24)22-14-17(23)25-19(16-12-8-5-9-13-16)18(22)15-10-6-4-7-11-15/h4-13,18-19H,14H2,1-3H3/t18?,19-/m0/s1. The van der Waals surface area contributed by atoms with Crippen LogP contribution in [0.4, 0.5) is 4.79 Å². The Bertz CT molecular complexity index is 768. The number of hydrogen-bond donors (Lipinski definition) is 0. The highest BCUT2D eigenvalue weighted by Gasteiger charge is 2.42. The number of esters is 1. The summed E-state index contributed by atoms with van der Waals surface area (Å²) >= 11 is 0. The summed E-state index contributed by atoms with van der Waals surface area (Å²) in [5, 5.41) is 0. The van der Waals surface area contributed by atoms with E-state index in [4.69, 9.17) is 9.47 Å². The normalized spacial score (nSPS) is 20.4. The zero-order valence-electron chi connectivity index (χ0n) is 15.2. The van der Waals surface area contributed by atoms with Crippen molar-refractivity contribution in [3.05, 3.63) is 71.8 Å². The molecule has 0 spiro atoms. The highest BCUT2D eigenvalue weighted by atomic mass is 16.6. The fraction of sp³-hybridized carbons (Fsp3) is 0.333. The van der Waals surface area contributed by atoms with Crippen LogP contribution >= 0.6 is 0 Å². The van der Waals surface area contributed by atoms with Crippen LogP contribution in [0.5, 0.6) is 0 Å². The van der Waals surface area contributed by atoms with Gasteiger partial charge < -0.3 is 9.47 Å². The summed E-state index contributed by atoms with van der Waals surface area (Å²) in [6, 6.07) is 18.6. The molecule has 0 N–H and O–H groups in total. The van der Waals surface area contributed by atoms with Crippen LogP contribution in [0.25, 0.3) is 0 Å². The van der Waals surface area contributed by atoms with Gasteiger partial charge in [0, 0.05) is 0 Å². The number of carbonyl (C=O) groups is 2. The van der Waals surface area contributed by atoms with E-state index in [-0.39, 0.29) is 6.54 Å². The van der Waals surface area contributed by atoms with E-state index in [1.165, 1.54) is 4.90 Å². The second kappa shape index (κ2) is 7.20. The van der Waals surface area contributed by atoms with Crippen molar-refractivity contribution in [3.8, 4) is 0 Å². The van der Waals surface area contributed by atoms with E-state index in [9.17, 15) is 9.59 Å². The predicted octanol–water partition coefficient (Wildman–Crippen LogP) is 4.26. The Balaban J connectivity index is 2.03. The van der Waals surface area contributed by atoms with E-state index in [0.717, 1.165) is 11.1 Å². The van der Waals surface area contributed by atoms with Crippen molar-refractivity contribution >= 4 is 12.1 Å². The van der Waals surface area contributed by atoms with Gasteiger partial charge in [0.15, 0.2) is 6.10 Å². The first-order valence-electron chi connectivity index (χ1n) is 8.64. The first-order valence-corrected chi connectivity index (χ1v) is 8.64. The molecule has 0 aromatic heterocycles. The van der Waals surface area contributed by atoms with Crippen LogP contribution < -0.4 is 0 Å². The van der Waals surface area contributed by atoms with E-state index < -0.39 is 29.8 Å². The molecule has 2 aromatic rings. The van der Waals surface area contributed by atoms with Gasteiger partial charge in [-0.15, -0.1) is 0 Å². The van der Waals surface area contributed by atoms with Crippen molar-refractivity contribution in [2.24, 2.45) is 0 Å².